The summed E-state index contributed by atoms with van der Waals surface area (Å²) in [5.41, 5.74) is 0.517. The lowest BCUT2D eigenvalue weighted by molar-refractivity contribution is -0.141. The number of carboxylic acid groups (broad SMARTS) is 1. The minimum absolute atomic E-state index is 0.0714. The third kappa shape index (κ3) is 3.15. The van der Waals surface area contributed by atoms with Gasteiger partial charge in [-0.2, -0.15) is 0 Å². The van der Waals surface area contributed by atoms with Crippen molar-refractivity contribution in [3.05, 3.63) is 23.0 Å². The van der Waals surface area contributed by atoms with Crippen LogP contribution in [0.1, 0.15) is 49.6 Å². The maximum Gasteiger partial charge on any atom is 0.306 e. The van der Waals surface area contributed by atoms with Crippen LogP contribution >= 0.6 is 11.6 Å². The van der Waals surface area contributed by atoms with Crippen LogP contribution in [0.15, 0.2) is 12.3 Å². The maximum absolute atomic E-state index is 12.3. The molecule has 0 saturated heterocycles. The van der Waals surface area contributed by atoms with Crippen LogP contribution in [-0.4, -0.2) is 27.6 Å². The van der Waals surface area contributed by atoms with E-state index in [0.29, 0.717) is 30.0 Å². The van der Waals surface area contributed by atoms with Gasteiger partial charge in [-0.15, -0.1) is 0 Å². The number of carboxylic acids is 1. The Morgan fingerprint density at radius 3 is 2.70 bits per heavy atom. The number of halogens is 1. The van der Waals surface area contributed by atoms with Gasteiger partial charge in [-0.05, 0) is 39.2 Å². The molecule has 1 amide bonds. The van der Waals surface area contributed by atoms with Gasteiger partial charge >= 0.3 is 5.97 Å². The van der Waals surface area contributed by atoms with E-state index in [1.165, 1.54) is 0 Å². The Labute approximate surface area is 122 Å². The zero-order valence-electron chi connectivity index (χ0n) is 11.6. The van der Waals surface area contributed by atoms with E-state index in [1.807, 2.05) is 18.4 Å². The van der Waals surface area contributed by atoms with E-state index in [2.05, 4.69) is 5.32 Å². The molecule has 1 saturated carbocycles. The zero-order chi connectivity index (χ0) is 14.9. The first-order valence-corrected chi connectivity index (χ1v) is 7.17. The van der Waals surface area contributed by atoms with Crippen LogP contribution in [0.5, 0.6) is 0 Å². The first kappa shape index (κ1) is 14.9. The molecule has 1 heterocycles. The molecular weight excluding hydrogens is 280 g/mol. The molecule has 1 aromatic rings. The third-order valence-corrected chi connectivity index (χ3v) is 3.93. The molecule has 0 radical (unpaired) electrons. The van der Waals surface area contributed by atoms with Crippen molar-refractivity contribution in [3.63, 3.8) is 0 Å². The SMILES string of the molecule is CC(C)n1cc(Cl)cc1C(=O)N[C@H]1CC[C@@H](C(=O)O)C1. The Morgan fingerprint density at radius 2 is 2.15 bits per heavy atom. The normalized spacial score (nSPS) is 22.2. The van der Waals surface area contributed by atoms with Gasteiger partial charge in [-0.25, -0.2) is 0 Å². The average Bonchev–Trinajstić information content (AvgIpc) is 2.95. The molecular formula is C14H19ClN2O3. The smallest absolute Gasteiger partial charge is 0.306 e. The van der Waals surface area contributed by atoms with E-state index in [0.717, 1.165) is 0 Å². The summed E-state index contributed by atoms with van der Waals surface area (Å²) in [6.07, 6.45) is 3.55. The summed E-state index contributed by atoms with van der Waals surface area (Å²) in [6, 6.07) is 1.71. The molecule has 2 atom stereocenters. The van der Waals surface area contributed by atoms with Gasteiger partial charge in [-0.3, -0.25) is 9.59 Å². The number of carbonyl (C=O) groups is 2. The van der Waals surface area contributed by atoms with Crippen LogP contribution in [0.3, 0.4) is 0 Å². The highest BCUT2D eigenvalue weighted by Gasteiger charge is 2.31. The van der Waals surface area contributed by atoms with Crippen molar-refractivity contribution < 1.29 is 14.7 Å². The van der Waals surface area contributed by atoms with Crippen LogP contribution < -0.4 is 5.32 Å². The molecule has 0 spiro atoms. The first-order chi connectivity index (χ1) is 9.38. The van der Waals surface area contributed by atoms with Crippen LogP contribution in [0.25, 0.3) is 0 Å². The van der Waals surface area contributed by atoms with Crippen molar-refractivity contribution in [2.45, 2.75) is 45.2 Å². The zero-order valence-corrected chi connectivity index (χ0v) is 12.4. The number of aliphatic carboxylic acids is 1. The molecule has 2 N–H and O–H groups in total. The molecule has 0 unspecified atom stereocenters. The minimum atomic E-state index is -0.782. The molecule has 110 valence electrons. The van der Waals surface area contributed by atoms with Gasteiger partial charge in [0.2, 0.25) is 0 Å². The minimum Gasteiger partial charge on any atom is -0.481 e. The van der Waals surface area contributed by atoms with E-state index >= 15 is 0 Å². The number of hydrogen-bond donors (Lipinski definition) is 2. The fourth-order valence-electron chi connectivity index (χ4n) is 2.65. The standard InChI is InChI=1S/C14H19ClN2O3/c1-8(2)17-7-10(15)6-12(17)13(18)16-11-4-3-9(5-11)14(19)20/h6-9,11H,3-5H2,1-2H3,(H,16,18)(H,19,20)/t9-,11+/m1/s1. The summed E-state index contributed by atoms with van der Waals surface area (Å²) in [5, 5.41) is 12.4. The molecule has 0 aromatic carbocycles. The number of amides is 1. The molecule has 5 nitrogen and oxygen atoms in total. The lowest BCUT2D eigenvalue weighted by Gasteiger charge is -2.16. The van der Waals surface area contributed by atoms with Gasteiger partial charge in [0.1, 0.15) is 5.69 Å². The molecule has 1 fully saturated rings. The molecule has 2 rings (SSSR count). The quantitative estimate of drug-likeness (QED) is 0.898. The van der Waals surface area contributed by atoms with Crippen molar-refractivity contribution in [2.24, 2.45) is 5.92 Å². The number of aromatic nitrogens is 1. The lowest BCUT2D eigenvalue weighted by Crippen LogP contribution is -2.34. The van der Waals surface area contributed by atoms with Crippen LogP contribution in [0.2, 0.25) is 5.02 Å². The van der Waals surface area contributed by atoms with Gasteiger partial charge in [0.15, 0.2) is 0 Å². The van der Waals surface area contributed by atoms with Crippen molar-refractivity contribution in [1.82, 2.24) is 9.88 Å². The molecule has 6 heteroatoms. The summed E-state index contributed by atoms with van der Waals surface area (Å²) in [6.45, 7) is 3.95. The van der Waals surface area contributed by atoms with E-state index < -0.39 is 5.97 Å². The monoisotopic (exact) mass is 298 g/mol. The van der Waals surface area contributed by atoms with Crippen molar-refractivity contribution in [1.29, 1.82) is 0 Å². The fourth-order valence-corrected chi connectivity index (χ4v) is 2.86. The van der Waals surface area contributed by atoms with Gasteiger partial charge in [0, 0.05) is 18.3 Å². The Balaban J connectivity index is 2.04. The molecule has 1 aliphatic carbocycles. The molecule has 0 bridgehead atoms. The van der Waals surface area contributed by atoms with E-state index in [4.69, 9.17) is 16.7 Å². The number of nitrogens with zero attached hydrogens (tertiary/aromatic N) is 1. The van der Waals surface area contributed by atoms with Crippen molar-refractivity contribution >= 4 is 23.5 Å². The molecule has 0 aliphatic heterocycles. The highest BCUT2D eigenvalue weighted by molar-refractivity contribution is 6.31. The summed E-state index contributed by atoms with van der Waals surface area (Å²) in [5.74, 6) is -1.32. The largest absolute Gasteiger partial charge is 0.481 e. The van der Waals surface area contributed by atoms with Crippen LogP contribution in [0, 0.1) is 5.92 Å². The predicted molar refractivity (Wildman–Crippen MR) is 76.1 cm³/mol. The summed E-state index contributed by atoms with van der Waals surface area (Å²) in [4.78, 5) is 23.2. The van der Waals surface area contributed by atoms with Gasteiger partial charge in [0.25, 0.3) is 5.91 Å². The highest BCUT2D eigenvalue weighted by Crippen LogP contribution is 2.26. The molecule has 1 aromatic heterocycles. The Hall–Kier alpha value is -1.49. The summed E-state index contributed by atoms with van der Waals surface area (Å²) < 4.78 is 1.82. The average molecular weight is 299 g/mol. The fraction of sp³-hybridized carbons (Fsp3) is 0.571. The van der Waals surface area contributed by atoms with E-state index in [9.17, 15) is 9.59 Å². The first-order valence-electron chi connectivity index (χ1n) is 6.79. The maximum atomic E-state index is 12.3. The number of hydrogen-bond acceptors (Lipinski definition) is 2. The number of nitrogens with one attached hydrogen (secondary N) is 1. The summed E-state index contributed by atoms with van der Waals surface area (Å²) in [7, 11) is 0. The second-order valence-corrected chi connectivity index (χ2v) is 6.00. The van der Waals surface area contributed by atoms with Crippen molar-refractivity contribution in [3.8, 4) is 0 Å². The van der Waals surface area contributed by atoms with Crippen LogP contribution in [0.4, 0.5) is 0 Å². The summed E-state index contributed by atoms with van der Waals surface area (Å²) >= 11 is 5.96. The number of carbonyl (C=O) groups excluding carboxylic acids is 1. The van der Waals surface area contributed by atoms with Crippen LogP contribution in [-0.2, 0) is 4.79 Å². The highest BCUT2D eigenvalue weighted by atomic mass is 35.5. The van der Waals surface area contributed by atoms with E-state index in [-0.39, 0.29) is 23.9 Å². The topological polar surface area (TPSA) is 71.3 Å². The number of rotatable bonds is 4. The van der Waals surface area contributed by atoms with Gasteiger partial charge in [0.05, 0.1) is 10.9 Å². The predicted octanol–water partition coefficient (Wildman–Crippen LogP) is 2.71. The van der Waals surface area contributed by atoms with Gasteiger partial charge < -0.3 is 15.0 Å². The second kappa shape index (κ2) is 5.87. The lowest BCUT2D eigenvalue weighted by atomic mass is 10.1. The Morgan fingerprint density at radius 1 is 1.45 bits per heavy atom. The van der Waals surface area contributed by atoms with E-state index in [1.54, 1.807) is 12.3 Å². The third-order valence-electron chi connectivity index (χ3n) is 3.72. The molecule has 20 heavy (non-hydrogen) atoms. The Kier molecular flexibility index (Phi) is 4.38. The van der Waals surface area contributed by atoms with Gasteiger partial charge in [-0.1, -0.05) is 11.6 Å². The van der Waals surface area contributed by atoms with Crippen molar-refractivity contribution in [2.75, 3.05) is 0 Å². The second-order valence-electron chi connectivity index (χ2n) is 5.56. The Bertz CT molecular complexity index is 524. The molecule has 1 aliphatic rings.